The summed E-state index contributed by atoms with van der Waals surface area (Å²) in [6.07, 6.45) is 6.33. The zero-order chi connectivity index (χ0) is 20.3. The van der Waals surface area contributed by atoms with Crippen molar-refractivity contribution >= 4 is 17.5 Å². The number of para-hydroxylation sites is 1. The number of likely N-dealkylation sites (tertiary alicyclic amines) is 1. The lowest BCUT2D eigenvalue weighted by atomic mass is 9.78. The van der Waals surface area contributed by atoms with Crippen molar-refractivity contribution in [3.8, 4) is 0 Å². The molecule has 3 atom stereocenters. The molecule has 0 bridgehead atoms. The lowest BCUT2D eigenvalue weighted by Crippen LogP contribution is -2.42. The number of fused-ring (bicyclic) bond motifs is 3. The van der Waals surface area contributed by atoms with Crippen molar-refractivity contribution < 1.29 is 9.59 Å². The van der Waals surface area contributed by atoms with E-state index in [2.05, 4.69) is 40.5 Å². The first-order valence-corrected chi connectivity index (χ1v) is 11.4. The van der Waals surface area contributed by atoms with Crippen molar-refractivity contribution in [3.63, 3.8) is 0 Å². The largest absolute Gasteiger partial charge is 0.342 e. The third-order valence-corrected chi connectivity index (χ3v) is 8.16. The van der Waals surface area contributed by atoms with Crippen LogP contribution in [0.3, 0.4) is 0 Å². The van der Waals surface area contributed by atoms with Gasteiger partial charge in [0.2, 0.25) is 11.8 Å². The fourth-order valence-electron chi connectivity index (χ4n) is 6.53. The predicted octanol–water partition coefficient (Wildman–Crippen LogP) is 4.26. The molecule has 6 rings (SSSR count). The van der Waals surface area contributed by atoms with Crippen LogP contribution in [0.2, 0.25) is 0 Å². The summed E-state index contributed by atoms with van der Waals surface area (Å²) >= 11 is 0. The number of anilines is 1. The molecule has 1 saturated heterocycles. The van der Waals surface area contributed by atoms with Gasteiger partial charge in [-0.25, -0.2) is 0 Å². The number of amides is 2. The van der Waals surface area contributed by atoms with Crippen LogP contribution in [0.15, 0.2) is 48.5 Å². The zero-order valence-corrected chi connectivity index (χ0v) is 17.3. The predicted molar refractivity (Wildman–Crippen MR) is 116 cm³/mol. The molecule has 1 N–H and O–H groups in total. The van der Waals surface area contributed by atoms with Gasteiger partial charge in [0.25, 0.3) is 0 Å². The second-order valence-electron chi connectivity index (χ2n) is 9.64. The first-order valence-electron chi connectivity index (χ1n) is 11.4. The molecule has 30 heavy (non-hydrogen) atoms. The van der Waals surface area contributed by atoms with Crippen LogP contribution in [0.25, 0.3) is 0 Å². The maximum Gasteiger partial charge on any atom is 0.232 e. The Morgan fingerprint density at radius 1 is 1.03 bits per heavy atom. The van der Waals surface area contributed by atoms with Crippen molar-refractivity contribution in [2.45, 2.75) is 49.9 Å². The highest BCUT2D eigenvalue weighted by Crippen LogP contribution is 2.61. The minimum Gasteiger partial charge on any atom is -0.342 e. The fourth-order valence-corrected chi connectivity index (χ4v) is 6.53. The molecule has 3 unspecified atom stereocenters. The molecule has 0 aromatic heterocycles. The number of hydrogen-bond acceptors (Lipinski definition) is 2. The van der Waals surface area contributed by atoms with Crippen molar-refractivity contribution in [2.75, 3.05) is 18.4 Å². The Hall–Kier alpha value is -2.62. The molecule has 4 heteroatoms. The minimum atomic E-state index is -0.0593. The van der Waals surface area contributed by atoms with Gasteiger partial charge in [-0.2, -0.15) is 0 Å². The molecule has 2 fully saturated rings. The van der Waals surface area contributed by atoms with E-state index >= 15 is 0 Å². The van der Waals surface area contributed by atoms with E-state index in [0.717, 1.165) is 56.4 Å². The number of aryl methyl sites for hydroxylation is 1. The Bertz CT molecular complexity index is 1020. The van der Waals surface area contributed by atoms with Crippen LogP contribution in [0.1, 0.15) is 54.7 Å². The summed E-state index contributed by atoms with van der Waals surface area (Å²) in [6.45, 7) is 1.56. The summed E-state index contributed by atoms with van der Waals surface area (Å²) in [4.78, 5) is 28.1. The van der Waals surface area contributed by atoms with Crippen molar-refractivity contribution in [1.82, 2.24) is 4.90 Å². The van der Waals surface area contributed by atoms with E-state index < -0.39 is 0 Å². The SMILES string of the molecule is O=C1Nc2ccccc2C1C1CCN(C(=O)C2CC23CCCc2ccccc23)CC1. The summed E-state index contributed by atoms with van der Waals surface area (Å²) in [6, 6.07) is 16.8. The summed E-state index contributed by atoms with van der Waals surface area (Å²) in [5.74, 6) is 0.894. The van der Waals surface area contributed by atoms with Crippen LogP contribution >= 0.6 is 0 Å². The van der Waals surface area contributed by atoms with E-state index in [1.807, 2.05) is 18.2 Å². The van der Waals surface area contributed by atoms with E-state index in [9.17, 15) is 9.59 Å². The zero-order valence-electron chi connectivity index (χ0n) is 17.3. The monoisotopic (exact) mass is 400 g/mol. The maximum atomic E-state index is 13.4. The maximum absolute atomic E-state index is 13.4. The highest BCUT2D eigenvalue weighted by Gasteiger charge is 2.61. The van der Waals surface area contributed by atoms with Crippen molar-refractivity contribution in [1.29, 1.82) is 0 Å². The second kappa shape index (κ2) is 6.69. The molecule has 4 nitrogen and oxygen atoms in total. The number of hydrogen-bond donors (Lipinski definition) is 1. The van der Waals surface area contributed by atoms with Gasteiger partial charge < -0.3 is 10.2 Å². The van der Waals surface area contributed by atoms with Gasteiger partial charge in [0.1, 0.15) is 0 Å². The number of piperidine rings is 1. The molecule has 2 aromatic carbocycles. The average Bonchev–Trinajstić information content (AvgIpc) is 3.39. The molecular weight excluding hydrogens is 372 g/mol. The number of nitrogens with one attached hydrogen (secondary N) is 1. The van der Waals surface area contributed by atoms with Crippen LogP contribution in [0, 0.1) is 11.8 Å². The lowest BCUT2D eigenvalue weighted by molar-refractivity contribution is -0.134. The normalized spacial score (nSPS) is 30.0. The molecule has 4 aliphatic rings. The molecular formula is C26H28N2O2. The molecule has 2 aliphatic heterocycles. The average molecular weight is 401 g/mol. The van der Waals surface area contributed by atoms with Gasteiger partial charge in [-0.3, -0.25) is 9.59 Å². The Balaban J connectivity index is 1.14. The van der Waals surface area contributed by atoms with Crippen LogP contribution in [0.4, 0.5) is 5.69 Å². The minimum absolute atomic E-state index is 0.0593. The second-order valence-corrected chi connectivity index (χ2v) is 9.64. The van der Waals surface area contributed by atoms with E-state index in [4.69, 9.17) is 0 Å². The van der Waals surface area contributed by atoms with E-state index in [1.165, 1.54) is 17.5 Å². The molecule has 0 radical (unpaired) electrons. The summed E-state index contributed by atoms with van der Waals surface area (Å²) in [5.41, 5.74) is 5.08. The Morgan fingerprint density at radius 3 is 2.67 bits per heavy atom. The third kappa shape index (κ3) is 2.65. The van der Waals surface area contributed by atoms with Crippen LogP contribution in [-0.4, -0.2) is 29.8 Å². The van der Waals surface area contributed by atoms with Gasteiger partial charge in [-0.1, -0.05) is 42.5 Å². The summed E-state index contributed by atoms with van der Waals surface area (Å²) < 4.78 is 0. The third-order valence-electron chi connectivity index (χ3n) is 8.16. The number of benzene rings is 2. The first-order chi connectivity index (χ1) is 14.7. The molecule has 2 heterocycles. The summed E-state index contributed by atoms with van der Waals surface area (Å²) in [7, 11) is 0. The van der Waals surface area contributed by atoms with Gasteiger partial charge in [0.15, 0.2) is 0 Å². The fraction of sp³-hybridized carbons (Fsp3) is 0.462. The van der Waals surface area contributed by atoms with Gasteiger partial charge in [-0.05, 0) is 67.2 Å². The van der Waals surface area contributed by atoms with E-state index in [0.29, 0.717) is 11.8 Å². The molecule has 154 valence electrons. The van der Waals surface area contributed by atoms with Crippen LogP contribution in [-0.2, 0) is 21.4 Å². The van der Waals surface area contributed by atoms with Gasteiger partial charge in [0.05, 0.1) is 5.92 Å². The Morgan fingerprint density at radius 2 is 1.80 bits per heavy atom. The topological polar surface area (TPSA) is 49.4 Å². The number of carbonyl (C=O) groups is 2. The first kappa shape index (κ1) is 18.2. The van der Waals surface area contributed by atoms with E-state index in [-0.39, 0.29) is 23.2 Å². The smallest absolute Gasteiger partial charge is 0.232 e. The highest BCUT2D eigenvalue weighted by molar-refractivity contribution is 6.03. The van der Waals surface area contributed by atoms with Gasteiger partial charge in [0, 0.05) is 30.1 Å². The van der Waals surface area contributed by atoms with Gasteiger partial charge >= 0.3 is 0 Å². The van der Waals surface area contributed by atoms with E-state index in [1.54, 1.807) is 0 Å². The standard InChI is InChI=1S/C26H28N2O2/c29-24-23(19-8-2-4-10-22(19)27-24)18-11-14-28(15-12-18)25(30)21-16-26(21)13-5-7-17-6-1-3-9-20(17)26/h1-4,6,8-10,18,21,23H,5,7,11-16H2,(H,27,29). The quantitative estimate of drug-likeness (QED) is 0.819. The van der Waals surface area contributed by atoms with Crippen molar-refractivity contribution in [3.05, 3.63) is 65.2 Å². The van der Waals surface area contributed by atoms with Crippen LogP contribution in [0.5, 0.6) is 0 Å². The number of nitrogens with zero attached hydrogens (tertiary/aromatic N) is 1. The molecule has 2 aromatic rings. The van der Waals surface area contributed by atoms with Crippen LogP contribution < -0.4 is 5.32 Å². The number of rotatable bonds is 2. The van der Waals surface area contributed by atoms with Crippen molar-refractivity contribution in [2.24, 2.45) is 11.8 Å². The lowest BCUT2D eigenvalue weighted by Gasteiger charge is -2.35. The Kier molecular flexibility index (Phi) is 4.06. The molecule has 1 saturated carbocycles. The molecule has 2 amide bonds. The Labute approximate surface area is 177 Å². The summed E-state index contributed by atoms with van der Waals surface area (Å²) in [5, 5.41) is 3.04. The van der Waals surface area contributed by atoms with Gasteiger partial charge in [-0.15, -0.1) is 0 Å². The number of carbonyl (C=O) groups excluding carboxylic acids is 2. The molecule has 2 aliphatic carbocycles. The molecule has 1 spiro atoms. The highest BCUT2D eigenvalue weighted by atomic mass is 16.2.